The van der Waals surface area contributed by atoms with Crippen molar-refractivity contribution in [3.05, 3.63) is 48.0 Å². The van der Waals surface area contributed by atoms with Gasteiger partial charge in [-0.2, -0.15) is 0 Å². The molecule has 0 unspecified atom stereocenters. The summed E-state index contributed by atoms with van der Waals surface area (Å²) in [5.41, 5.74) is 5.22. The largest absolute Gasteiger partial charge is 0.494 e. The van der Waals surface area contributed by atoms with Gasteiger partial charge < -0.3 is 10.5 Å². The van der Waals surface area contributed by atoms with E-state index in [0.717, 1.165) is 18.2 Å². The molecule has 0 spiro atoms. The second kappa shape index (κ2) is 5.57. The lowest BCUT2D eigenvalue weighted by molar-refractivity contribution is 0.387. The SMILES string of the molecule is COc1cc(NS(=O)(=O)c2ccc(N)c(F)c2)ccc1F. The molecule has 2 aromatic rings. The van der Waals surface area contributed by atoms with Crippen LogP contribution in [0.5, 0.6) is 5.75 Å². The molecule has 112 valence electrons. The third-order valence-corrected chi connectivity index (χ3v) is 4.06. The molecule has 0 heterocycles. The number of nitrogens with two attached hydrogens (primary N) is 1. The number of methoxy groups -OCH3 is 1. The van der Waals surface area contributed by atoms with E-state index < -0.39 is 21.7 Å². The Bertz CT molecular complexity index is 779. The number of sulfonamides is 1. The predicted octanol–water partition coefficient (Wildman–Crippen LogP) is 2.36. The van der Waals surface area contributed by atoms with E-state index in [9.17, 15) is 17.2 Å². The molecule has 0 atom stereocenters. The molecule has 5 nitrogen and oxygen atoms in total. The summed E-state index contributed by atoms with van der Waals surface area (Å²) in [5.74, 6) is -1.58. The van der Waals surface area contributed by atoms with Crippen LogP contribution in [0, 0.1) is 11.6 Å². The van der Waals surface area contributed by atoms with E-state index in [-0.39, 0.29) is 22.0 Å². The Morgan fingerprint density at radius 3 is 2.43 bits per heavy atom. The highest BCUT2D eigenvalue weighted by atomic mass is 32.2. The first-order valence-corrected chi connectivity index (χ1v) is 7.23. The number of halogens is 2. The van der Waals surface area contributed by atoms with Crippen molar-refractivity contribution in [2.24, 2.45) is 0 Å². The fourth-order valence-corrected chi connectivity index (χ4v) is 2.67. The van der Waals surface area contributed by atoms with Crippen molar-refractivity contribution in [3.63, 3.8) is 0 Å². The molecule has 0 fully saturated rings. The maximum Gasteiger partial charge on any atom is 0.262 e. The zero-order valence-electron chi connectivity index (χ0n) is 10.9. The molecule has 0 saturated heterocycles. The minimum absolute atomic E-state index is 0.0884. The lowest BCUT2D eigenvalue weighted by Crippen LogP contribution is -2.13. The molecule has 3 N–H and O–H groups in total. The van der Waals surface area contributed by atoms with E-state index in [1.54, 1.807) is 0 Å². The van der Waals surface area contributed by atoms with Gasteiger partial charge in [-0.05, 0) is 30.3 Å². The van der Waals surface area contributed by atoms with Crippen LogP contribution in [0.15, 0.2) is 41.3 Å². The second-order valence-electron chi connectivity index (χ2n) is 4.14. The maximum absolute atomic E-state index is 13.3. The summed E-state index contributed by atoms with van der Waals surface area (Å²) in [6.45, 7) is 0. The van der Waals surface area contributed by atoms with Crippen molar-refractivity contribution in [1.29, 1.82) is 0 Å². The van der Waals surface area contributed by atoms with Crippen molar-refractivity contribution in [3.8, 4) is 5.75 Å². The lowest BCUT2D eigenvalue weighted by atomic mass is 10.3. The van der Waals surface area contributed by atoms with E-state index in [4.69, 9.17) is 10.5 Å². The van der Waals surface area contributed by atoms with Crippen LogP contribution in [-0.2, 0) is 10.0 Å². The lowest BCUT2D eigenvalue weighted by Gasteiger charge is -2.10. The van der Waals surface area contributed by atoms with Gasteiger partial charge >= 0.3 is 0 Å². The van der Waals surface area contributed by atoms with Crippen LogP contribution in [0.3, 0.4) is 0 Å². The molecular formula is C13H12F2N2O3S. The van der Waals surface area contributed by atoms with Gasteiger partial charge in [-0.3, -0.25) is 4.72 Å². The highest BCUT2D eigenvalue weighted by molar-refractivity contribution is 7.92. The van der Waals surface area contributed by atoms with Gasteiger partial charge in [0, 0.05) is 6.07 Å². The van der Waals surface area contributed by atoms with Crippen molar-refractivity contribution >= 4 is 21.4 Å². The third-order valence-electron chi connectivity index (χ3n) is 2.69. The average molecular weight is 314 g/mol. The number of benzene rings is 2. The van der Waals surface area contributed by atoms with E-state index in [1.807, 2.05) is 0 Å². The summed E-state index contributed by atoms with van der Waals surface area (Å²) < 4.78 is 57.7. The first-order valence-electron chi connectivity index (χ1n) is 5.75. The number of anilines is 2. The molecule has 0 aromatic heterocycles. The Kier molecular flexibility index (Phi) is 3.99. The molecule has 0 radical (unpaired) electrons. The molecule has 2 rings (SSSR count). The molecule has 21 heavy (non-hydrogen) atoms. The Morgan fingerprint density at radius 2 is 1.81 bits per heavy atom. The zero-order valence-corrected chi connectivity index (χ0v) is 11.7. The van der Waals surface area contributed by atoms with Crippen LogP contribution < -0.4 is 15.2 Å². The Morgan fingerprint density at radius 1 is 1.10 bits per heavy atom. The molecule has 0 aliphatic heterocycles. The first-order chi connectivity index (χ1) is 9.83. The summed E-state index contributed by atoms with van der Waals surface area (Å²) in [7, 11) is -2.76. The first kappa shape index (κ1) is 15.0. The fourth-order valence-electron chi connectivity index (χ4n) is 1.61. The van der Waals surface area contributed by atoms with E-state index >= 15 is 0 Å². The quantitative estimate of drug-likeness (QED) is 0.849. The highest BCUT2D eigenvalue weighted by Gasteiger charge is 2.17. The molecule has 2 aromatic carbocycles. The monoisotopic (exact) mass is 314 g/mol. The number of rotatable bonds is 4. The van der Waals surface area contributed by atoms with Gasteiger partial charge in [0.2, 0.25) is 0 Å². The summed E-state index contributed by atoms with van der Waals surface area (Å²) in [5, 5.41) is 0. The summed E-state index contributed by atoms with van der Waals surface area (Å²) >= 11 is 0. The molecule has 8 heteroatoms. The smallest absolute Gasteiger partial charge is 0.262 e. The minimum atomic E-state index is -4.01. The van der Waals surface area contributed by atoms with Crippen molar-refractivity contribution < 1.29 is 21.9 Å². The molecule has 0 bridgehead atoms. The van der Waals surface area contributed by atoms with Gasteiger partial charge in [-0.15, -0.1) is 0 Å². The maximum atomic E-state index is 13.3. The van der Waals surface area contributed by atoms with Crippen LogP contribution in [0.2, 0.25) is 0 Å². The summed E-state index contributed by atoms with van der Waals surface area (Å²) in [6, 6.07) is 6.58. The van der Waals surface area contributed by atoms with Crippen molar-refractivity contribution in [2.45, 2.75) is 4.90 Å². The zero-order chi connectivity index (χ0) is 15.6. The van der Waals surface area contributed by atoms with E-state index in [2.05, 4.69) is 4.72 Å². The van der Waals surface area contributed by atoms with Gasteiger partial charge in [0.1, 0.15) is 5.82 Å². The summed E-state index contributed by atoms with van der Waals surface area (Å²) in [6.07, 6.45) is 0. The van der Waals surface area contributed by atoms with Gasteiger partial charge in [-0.25, -0.2) is 17.2 Å². The number of ether oxygens (including phenoxy) is 1. The van der Waals surface area contributed by atoms with Crippen LogP contribution in [0.4, 0.5) is 20.2 Å². The number of hydrogen-bond donors (Lipinski definition) is 2. The van der Waals surface area contributed by atoms with Gasteiger partial charge in [0.25, 0.3) is 10.0 Å². The van der Waals surface area contributed by atoms with E-state index in [1.165, 1.54) is 25.3 Å². The fraction of sp³-hybridized carbons (Fsp3) is 0.0769. The molecule has 0 amide bonds. The highest BCUT2D eigenvalue weighted by Crippen LogP contribution is 2.24. The Labute approximate surface area is 120 Å². The molecule has 0 aliphatic carbocycles. The van der Waals surface area contributed by atoms with Gasteiger partial charge in [-0.1, -0.05) is 0 Å². The topological polar surface area (TPSA) is 81.4 Å². The number of nitrogens with one attached hydrogen (secondary N) is 1. The van der Waals surface area contributed by atoms with Crippen molar-refractivity contribution in [2.75, 3.05) is 17.6 Å². The van der Waals surface area contributed by atoms with Crippen LogP contribution in [0.1, 0.15) is 0 Å². The number of hydrogen-bond acceptors (Lipinski definition) is 4. The van der Waals surface area contributed by atoms with Gasteiger partial charge in [0.05, 0.1) is 23.4 Å². The molecule has 0 saturated carbocycles. The average Bonchev–Trinajstić information content (AvgIpc) is 2.43. The standard InChI is InChI=1S/C13H12F2N2O3S/c1-20-13-6-8(2-4-10(13)14)17-21(18,19)9-3-5-12(16)11(15)7-9/h2-7,17H,16H2,1H3. The Hall–Kier alpha value is -2.35. The number of nitrogen functional groups attached to an aromatic ring is 1. The summed E-state index contributed by atoms with van der Waals surface area (Å²) in [4.78, 5) is -0.294. The second-order valence-corrected chi connectivity index (χ2v) is 5.82. The van der Waals surface area contributed by atoms with Crippen LogP contribution in [-0.4, -0.2) is 15.5 Å². The third kappa shape index (κ3) is 3.22. The van der Waals surface area contributed by atoms with Crippen molar-refractivity contribution in [1.82, 2.24) is 0 Å². The normalized spacial score (nSPS) is 11.2. The minimum Gasteiger partial charge on any atom is -0.494 e. The molecule has 0 aliphatic rings. The predicted molar refractivity (Wildman–Crippen MR) is 74.6 cm³/mol. The van der Waals surface area contributed by atoms with Crippen LogP contribution in [0.25, 0.3) is 0 Å². The molecular weight excluding hydrogens is 302 g/mol. The van der Waals surface area contributed by atoms with Crippen LogP contribution >= 0.6 is 0 Å². The Balaban J connectivity index is 2.35. The van der Waals surface area contributed by atoms with E-state index in [0.29, 0.717) is 0 Å². The van der Waals surface area contributed by atoms with Gasteiger partial charge in [0.15, 0.2) is 11.6 Å².